The van der Waals surface area contributed by atoms with Crippen molar-refractivity contribution in [3.8, 4) is 0 Å². The molecule has 2 aliphatic rings. The maximum Gasteiger partial charge on any atom is 0.410 e. The summed E-state index contributed by atoms with van der Waals surface area (Å²) in [5, 5.41) is 3.59. The van der Waals surface area contributed by atoms with E-state index in [1.807, 2.05) is 75.7 Å². The van der Waals surface area contributed by atoms with Gasteiger partial charge in [-0.1, -0.05) is 30.3 Å². The molecular weight excluding hydrogens is 727 g/mol. The summed E-state index contributed by atoms with van der Waals surface area (Å²) in [5.74, 6) is -0.584. The molecule has 1 aliphatic heterocycles. The first-order chi connectivity index (χ1) is 21.7. The number of nitrogen functional groups attached to an aromatic ring is 1. The minimum atomic E-state index is -0.813. The van der Waals surface area contributed by atoms with Crippen LogP contribution in [-0.4, -0.2) is 81.5 Å². The highest BCUT2D eigenvalue weighted by atomic mass is 127. The minimum Gasteiger partial charge on any atom is -0.449 e. The van der Waals surface area contributed by atoms with Gasteiger partial charge in [-0.05, 0) is 93.6 Å². The second-order valence-corrected chi connectivity index (χ2v) is 14.7. The highest BCUT2D eigenvalue weighted by molar-refractivity contribution is 14.1. The van der Waals surface area contributed by atoms with Crippen LogP contribution in [-0.2, 0) is 25.4 Å². The number of amides is 2. The fraction of sp³-hybridized carbons (Fsp3) is 0.562. The second-order valence-electron chi connectivity index (χ2n) is 13.2. The van der Waals surface area contributed by atoms with Gasteiger partial charge in [0.05, 0.1) is 24.1 Å². The van der Waals surface area contributed by atoms with Crippen LogP contribution >= 0.6 is 34.2 Å². The van der Waals surface area contributed by atoms with E-state index in [2.05, 4.69) is 37.9 Å². The van der Waals surface area contributed by atoms with Crippen molar-refractivity contribution in [2.45, 2.75) is 83.5 Å². The molecule has 46 heavy (non-hydrogen) atoms. The average molecular weight is 769 g/mol. The lowest BCUT2D eigenvalue weighted by Crippen LogP contribution is -2.42. The monoisotopic (exact) mass is 768 g/mol. The smallest absolute Gasteiger partial charge is 0.410 e. The number of carbonyl (C=O) groups excluding carboxylic acids is 2. The largest absolute Gasteiger partial charge is 0.449 e. The van der Waals surface area contributed by atoms with E-state index in [-0.39, 0.29) is 36.1 Å². The minimum absolute atomic E-state index is 0.0685. The molecule has 5 rings (SSSR count). The molecule has 1 saturated carbocycles. The maximum absolute atomic E-state index is 13.4. The van der Waals surface area contributed by atoms with Gasteiger partial charge in [0.2, 0.25) is 5.28 Å². The Balaban J connectivity index is 1.26. The van der Waals surface area contributed by atoms with Gasteiger partial charge in [-0.3, -0.25) is 0 Å². The lowest BCUT2D eigenvalue weighted by molar-refractivity contribution is -0.160. The van der Waals surface area contributed by atoms with Gasteiger partial charge in [-0.15, -0.1) is 0 Å². The van der Waals surface area contributed by atoms with Crippen LogP contribution in [0.5, 0.6) is 0 Å². The summed E-state index contributed by atoms with van der Waals surface area (Å²) in [6.07, 6.45) is 2.26. The molecule has 1 saturated heterocycles. The summed E-state index contributed by atoms with van der Waals surface area (Å²) in [6, 6.07) is 9.75. The number of carbonyl (C=O) groups is 2. The number of nitrogens with one attached hydrogen (secondary N) is 1. The number of hydrogen-bond acceptors (Lipinski definition) is 9. The number of hydrogen-bond donors (Lipinski definition) is 2. The van der Waals surface area contributed by atoms with Gasteiger partial charge in [0.25, 0.3) is 0 Å². The van der Waals surface area contributed by atoms with Crippen molar-refractivity contribution in [3.63, 3.8) is 0 Å². The molecule has 0 radical (unpaired) electrons. The number of aromatic nitrogens is 3. The first kappa shape index (κ1) is 34.5. The summed E-state index contributed by atoms with van der Waals surface area (Å²) in [4.78, 5) is 36.0. The standard InChI is InChI=1S/C32H42ClIN6O6/c1-31(2,3)46-30(42)39(14-9-15-43-29(41)36-13-12-19-10-7-6-8-11-19)17-20-16-22(25-24(20)44-32(4,5)45-25)40-18-21(34)23-26(35)37-28(33)38-27(23)40/h6-8,10-11,18,20,22,24-25H,9,12-17H2,1-5H3,(H,36,41)(H2,35,37,38)/t20-,22-,24-,25+/m1/s1. The Morgan fingerprint density at radius 1 is 1.20 bits per heavy atom. The van der Waals surface area contributed by atoms with Crippen LogP contribution in [0, 0.1) is 9.49 Å². The maximum atomic E-state index is 13.4. The van der Waals surface area contributed by atoms with Gasteiger partial charge in [0.15, 0.2) is 5.79 Å². The fourth-order valence-corrected chi connectivity index (χ4v) is 7.14. The van der Waals surface area contributed by atoms with Crippen molar-refractivity contribution < 1.29 is 28.5 Å². The molecule has 3 N–H and O–H groups in total. The Hall–Kier alpha value is -2.88. The summed E-state index contributed by atoms with van der Waals surface area (Å²) in [6.45, 7) is 10.6. The average Bonchev–Trinajstić information content (AvgIpc) is 3.57. The number of alkyl carbamates (subject to hydrolysis) is 1. The number of benzene rings is 1. The van der Waals surface area contributed by atoms with E-state index >= 15 is 0 Å². The summed E-state index contributed by atoms with van der Waals surface area (Å²) in [7, 11) is 0. The third kappa shape index (κ3) is 8.33. The van der Waals surface area contributed by atoms with E-state index in [0.29, 0.717) is 50.4 Å². The first-order valence-corrected chi connectivity index (χ1v) is 16.9. The molecule has 1 aliphatic carbocycles. The van der Waals surface area contributed by atoms with E-state index in [9.17, 15) is 9.59 Å². The zero-order valence-corrected chi connectivity index (χ0v) is 29.7. The number of fused-ring (bicyclic) bond motifs is 2. The summed E-state index contributed by atoms with van der Waals surface area (Å²) in [5.41, 5.74) is 7.30. The Bertz CT molecular complexity index is 1550. The number of rotatable bonds is 10. The quantitative estimate of drug-likeness (QED) is 0.145. The normalized spacial score (nSPS) is 22.1. The molecule has 2 amide bonds. The molecule has 0 bridgehead atoms. The molecule has 2 fully saturated rings. The van der Waals surface area contributed by atoms with Crippen LogP contribution in [0.2, 0.25) is 5.28 Å². The topological polar surface area (TPSA) is 143 Å². The van der Waals surface area contributed by atoms with E-state index < -0.39 is 23.6 Å². The van der Waals surface area contributed by atoms with Crippen molar-refractivity contribution in [3.05, 3.63) is 50.9 Å². The highest BCUT2D eigenvalue weighted by Crippen LogP contribution is 2.48. The van der Waals surface area contributed by atoms with Gasteiger partial charge in [0.1, 0.15) is 23.2 Å². The lowest BCUT2D eigenvalue weighted by atomic mass is 10.0. The summed E-state index contributed by atoms with van der Waals surface area (Å²) < 4.78 is 27.0. The molecule has 0 spiro atoms. The zero-order chi connectivity index (χ0) is 33.2. The molecule has 14 heteroatoms. The Labute approximate surface area is 287 Å². The molecule has 0 unspecified atom stereocenters. The second kappa shape index (κ2) is 14.1. The fourth-order valence-electron chi connectivity index (χ4n) is 6.15. The van der Waals surface area contributed by atoms with E-state index in [0.717, 1.165) is 14.5 Å². The van der Waals surface area contributed by atoms with Crippen molar-refractivity contribution >= 4 is 63.2 Å². The van der Waals surface area contributed by atoms with Crippen LogP contribution in [0.4, 0.5) is 15.4 Å². The molecular formula is C32H42ClIN6O6. The predicted molar refractivity (Wildman–Crippen MR) is 183 cm³/mol. The van der Waals surface area contributed by atoms with Crippen LogP contribution in [0.1, 0.15) is 59.1 Å². The zero-order valence-electron chi connectivity index (χ0n) is 26.8. The SMILES string of the molecule is CC(C)(C)OC(=O)N(CCCOC(=O)NCCc1ccccc1)C[C@H]1C[C@@H](n2cc(I)c3c(N)nc(Cl)nc32)[C@@H]2OC(C)(C)O[C@H]12. The van der Waals surface area contributed by atoms with Crippen LogP contribution in [0.25, 0.3) is 11.0 Å². The van der Waals surface area contributed by atoms with Gasteiger partial charge >= 0.3 is 12.2 Å². The molecule has 3 aromatic rings. The molecule has 1 aromatic carbocycles. The van der Waals surface area contributed by atoms with E-state index in [4.69, 9.17) is 36.3 Å². The predicted octanol–water partition coefficient (Wildman–Crippen LogP) is 5.95. The molecule has 12 nitrogen and oxygen atoms in total. The van der Waals surface area contributed by atoms with E-state index in [1.165, 1.54) is 0 Å². The van der Waals surface area contributed by atoms with E-state index in [1.54, 1.807) is 4.90 Å². The van der Waals surface area contributed by atoms with Crippen molar-refractivity contribution in [1.29, 1.82) is 0 Å². The van der Waals surface area contributed by atoms with Gasteiger partial charge in [-0.2, -0.15) is 4.98 Å². The number of halogens is 2. The number of nitrogens with two attached hydrogens (primary N) is 1. The summed E-state index contributed by atoms with van der Waals surface area (Å²) >= 11 is 8.44. The Morgan fingerprint density at radius 3 is 2.63 bits per heavy atom. The molecule has 250 valence electrons. The first-order valence-electron chi connectivity index (χ1n) is 15.5. The lowest BCUT2D eigenvalue weighted by Gasteiger charge is -2.31. The Kier molecular flexibility index (Phi) is 10.5. The Morgan fingerprint density at radius 2 is 1.91 bits per heavy atom. The third-order valence-electron chi connectivity index (χ3n) is 7.97. The van der Waals surface area contributed by atoms with Crippen molar-refractivity contribution in [1.82, 2.24) is 24.8 Å². The number of anilines is 1. The van der Waals surface area contributed by atoms with Crippen LogP contribution in [0.3, 0.4) is 0 Å². The van der Waals surface area contributed by atoms with Crippen molar-refractivity contribution in [2.24, 2.45) is 5.92 Å². The number of nitrogens with zero attached hydrogens (tertiary/aromatic N) is 4. The van der Waals surface area contributed by atoms with Gasteiger partial charge in [-0.25, -0.2) is 14.6 Å². The van der Waals surface area contributed by atoms with Crippen LogP contribution in [0.15, 0.2) is 36.5 Å². The number of ether oxygens (including phenoxy) is 4. The van der Waals surface area contributed by atoms with Crippen molar-refractivity contribution in [2.75, 3.05) is 32.0 Å². The van der Waals surface area contributed by atoms with Crippen LogP contribution < -0.4 is 11.1 Å². The highest BCUT2D eigenvalue weighted by Gasteiger charge is 2.55. The third-order valence-corrected chi connectivity index (χ3v) is 8.96. The molecule has 3 heterocycles. The van der Waals surface area contributed by atoms with Gasteiger partial charge in [0, 0.05) is 35.3 Å². The molecule has 2 aromatic heterocycles. The van der Waals surface area contributed by atoms with Gasteiger partial charge < -0.3 is 39.5 Å². The molecule has 4 atom stereocenters.